The lowest BCUT2D eigenvalue weighted by Crippen LogP contribution is -1.72. The molecule has 2 heteroatoms. The minimum absolute atomic E-state index is 0. The first-order valence-corrected chi connectivity index (χ1v) is 1.46. The normalized spacial score (nSPS) is 5.33. The SMILES string of the molecule is C#CCCO.Cl. The van der Waals surface area contributed by atoms with Crippen molar-refractivity contribution in [1.29, 1.82) is 0 Å². The van der Waals surface area contributed by atoms with Gasteiger partial charge in [-0.1, -0.05) is 0 Å². The minimum Gasteiger partial charge on any atom is -0.395 e. The van der Waals surface area contributed by atoms with Gasteiger partial charge >= 0.3 is 0 Å². The predicted octanol–water partition coefficient (Wildman–Crippen LogP) is 0.424. The lowest BCUT2D eigenvalue weighted by molar-refractivity contribution is 0.305. The van der Waals surface area contributed by atoms with Crippen molar-refractivity contribution in [2.75, 3.05) is 6.61 Å². The third-order valence-electron chi connectivity index (χ3n) is 0.256. The van der Waals surface area contributed by atoms with Crippen LogP contribution in [0.25, 0.3) is 0 Å². The van der Waals surface area contributed by atoms with E-state index >= 15 is 0 Å². The van der Waals surface area contributed by atoms with Gasteiger partial charge in [-0.15, -0.1) is 24.8 Å². The number of aliphatic hydroxyl groups excluding tert-OH is 1. The first kappa shape index (κ1) is 9.26. The third kappa shape index (κ3) is 9.18. The average Bonchev–Trinajstić information content (AvgIpc) is 1.41. The van der Waals surface area contributed by atoms with E-state index in [9.17, 15) is 0 Å². The van der Waals surface area contributed by atoms with Crippen molar-refractivity contribution in [3.05, 3.63) is 0 Å². The summed E-state index contributed by atoms with van der Waals surface area (Å²) >= 11 is 0. The first-order valence-electron chi connectivity index (χ1n) is 1.46. The Hall–Kier alpha value is -0.190. The summed E-state index contributed by atoms with van der Waals surface area (Å²) in [6.45, 7) is 0.108. The topological polar surface area (TPSA) is 20.2 Å². The van der Waals surface area contributed by atoms with Gasteiger partial charge in [0.2, 0.25) is 0 Å². The molecule has 0 bridgehead atoms. The maximum absolute atomic E-state index is 7.92. The zero-order valence-electron chi connectivity index (χ0n) is 3.35. The van der Waals surface area contributed by atoms with Crippen molar-refractivity contribution in [2.24, 2.45) is 0 Å². The second-order valence-electron chi connectivity index (χ2n) is 0.678. The molecule has 6 heavy (non-hydrogen) atoms. The van der Waals surface area contributed by atoms with Gasteiger partial charge in [-0.2, -0.15) is 0 Å². The number of halogens is 1. The Morgan fingerprint density at radius 3 is 2.17 bits per heavy atom. The average molecular weight is 107 g/mol. The van der Waals surface area contributed by atoms with Crippen LogP contribution in [0.4, 0.5) is 0 Å². The molecule has 0 aliphatic carbocycles. The highest BCUT2D eigenvalue weighted by atomic mass is 35.5. The Balaban J connectivity index is 0. The number of hydrogen-bond acceptors (Lipinski definition) is 1. The molecular weight excluding hydrogens is 99.5 g/mol. The summed E-state index contributed by atoms with van der Waals surface area (Å²) in [5, 5.41) is 7.92. The van der Waals surface area contributed by atoms with Crippen LogP contribution in [0.5, 0.6) is 0 Å². The first-order chi connectivity index (χ1) is 2.41. The van der Waals surface area contributed by atoms with Crippen LogP contribution < -0.4 is 0 Å². The molecule has 0 spiro atoms. The third-order valence-corrected chi connectivity index (χ3v) is 0.256. The van der Waals surface area contributed by atoms with Crippen LogP contribution in [0.3, 0.4) is 0 Å². The van der Waals surface area contributed by atoms with Crippen molar-refractivity contribution < 1.29 is 5.11 Å². The maximum Gasteiger partial charge on any atom is 0.0540 e. The maximum atomic E-state index is 7.92. The van der Waals surface area contributed by atoms with E-state index in [1.165, 1.54) is 0 Å². The minimum atomic E-state index is 0. The van der Waals surface area contributed by atoms with Crippen molar-refractivity contribution in [3.8, 4) is 12.3 Å². The lowest BCUT2D eigenvalue weighted by Gasteiger charge is -1.70. The summed E-state index contributed by atoms with van der Waals surface area (Å²) in [5.41, 5.74) is 0. The second kappa shape index (κ2) is 8.84. The smallest absolute Gasteiger partial charge is 0.0540 e. The van der Waals surface area contributed by atoms with Crippen LogP contribution in [0.1, 0.15) is 6.42 Å². The summed E-state index contributed by atoms with van der Waals surface area (Å²) in [5.74, 6) is 2.27. The molecule has 0 rings (SSSR count). The molecule has 1 nitrogen and oxygen atoms in total. The van der Waals surface area contributed by atoms with Crippen molar-refractivity contribution >= 4 is 12.4 Å². The van der Waals surface area contributed by atoms with Gasteiger partial charge < -0.3 is 5.11 Å². The van der Waals surface area contributed by atoms with Gasteiger partial charge in [-0.05, 0) is 0 Å². The number of hydrogen-bond donors (Lipinski definition) is 1. The Labute approximate surface area is 43.8 Å². The Morgan fingerprint density at radius 1 is 1.67 bits per heavy atom. The molecule has 0 radical (unpaired) electrons. The van der Waals surface area contributed by atoms with Crippen molar-refractivity contribution in [3.63, 3.8) is 0 Å². The summed E-state index contributed by atoms with van der Waals surface area (Å²) in [6, 6.07) is 0. The molecule has 0 saturated carbocycles. The number of aliphatic hydroxyl groups is 1. The molecule has 0 aliphatic heterocycles. The van der Waals surface area contributed by atoms with Gasteiger partial charge in [-0.25, -0.2) is 0 Å². The molecule has 36 valence electrons. The standard InChI is InChI=1S/C4H6O.ClH/c1-2-3-4-5;/h1,5H,3-4H2;1H. The van der Waals surface area contributed by atoms with E-state index in [0.717, 1.165) is 0 Å². The molecule has 0 unspecified atom stereocenters. The fraction of sp³-hybridized carbons (Fsp3) is 0.500. The molecule has 0 saturated heterocycles. The van der Waals surface area contributed by atoms with E-state index in [-0.39, 0.29) is 19.0 Å². The van der Waals surface area contributed by atoms with Crippen LogP contribution in [0.15, 0.2) is 0 Å². The molecule has 0 aromatic heterocycles. The highest BCUT2D eigenvalue weighted by Gasteiger charge is 1.62. The van der Waals surface area contributed by atoms with Crippen LogP contribution in [0.2, 0.25) is 0 Å². The van der Waals surface area contributed by atoms with Gasteiger partial charge in [0.1, 0.15) is 0 Å². The molecule has 0 amide bonds. The van der Waals surface area contributed by atoms with Crippen LogP contribution >= 0.6 is 12.4 Å². The second-order valence-corrected chi connectivity index (χ2v) is 0.678. The lowest BCUT2D eigenvalue weighted by atomic mass is 10.5. The van der Waals surface area contributed by atoms with E-state index in [4.69, 9.17) is 11.5 Å². The molecular formula is C4H7ClO. The zero-order chi connectivity index (χ0) is 4.12. The number of terminal acetylenes is 1. The largest absolute Gasteiger partial charge is 0.395 e. The molecule has 0 aliphatic rings. The van der Waals surface area contributed by atoms with E-state index in [1.54, 1.807) is 0 Å². The fourth-order valence-electron chi connectivity index (χ4n) is 0.0645. The molecule has 0 aromatic rings. The van der Waals surface area contributed by atoms with Gasteiger partial charge in [-0.3, -0.25) is 0 Å². The molecule has 0 aromatic carbocycles. The van der Waals surface area contributed by atoms with Crippen molar-refractivity contribution in [2.45, 2.75) is 6.42 Å². The van der Waals surface area contributed by atoms with Gasteiger partial charge in [0.15, 0.2) is 0 Å². The van der Waals surface area contributed by atoms with Crippen LogP contribution in [-0.2, 0) is 0 Å². The zero-order valence-corrected chi connectivity index (χ0v) is 4.16. The Bertz CT molecular complexity index is 46.0. The number of rotatable bonds is 1. The van der Waals surface area contributed by atoms with Crippen LogP contribution in [0, 0.1) is 12.3 Å². The molecule has 0 atom stereocenters. The monoisotopic (exact) mass is 106 g/mol. The highest BCUT2D eigenvalue weighted by Crippen LogP contribution is 1.62. The summed E-state index contributed by atoms with van der Waals surface area (Å²) in [6.07, 6.45) is 5.20. The highest BCUT2D eigenvalue weighted by molar-refractivity contribution is 5.85. The van der Waals surface area contributed by atoms with E-state index in [2.05, 4.69) is 5.92 Å². The van der Waals surface area contributed by atoms with Crippen LogP contribution in [-0.4, -0.2) is 11.7 Å². The summed E-state index contributed by atoms with van der Waals surface area (Å²) in [4.78, 5) is 0. The summed E-state index contributed by atoms with van der Waals surface area (Å²) in [7, 11) is 0. The van der Waals surface area contributed by atoms with Gasteiger partial charge in [0.05, 0.1) is 6.61 Å². The molecule has 0 fully saturated rings. The van der Waals surface area contributed by atoms with E-state index in [0.29, 0.717) is 6.42 Å². The predicted molar refractivity (Wildman–Crippen MR) is 27.8 cm³/mol. The fourth-order valence-corrected chi connectivity index (χ4v) is 0.0645. The molecule has 1 N–H and O–H groups in total. The van der Waals surface area contributed by atoms with E-state index < -0.39 is 0 Å². The Kier molecular flexibility index (Phi) is 13.6. The van der Waals surface area contributed by atoms with Gasteiger partial charge in [0.25, 0.3) is 0 Å². The van der Waals surface area contributed by atoms with Gasteiger partial charge in [0, 0.05) is 6.42 Å². The van der Waals surface area contributed by atoms with E-state index in [1.807, 2.05) is 0 Å². The Morgan fingerprint density at radius 2 is 2.17 bits per heavy atom. The molecule has 0 heterocycles. The summed E-state index contributed by atoms with van der Waals surface area (Å²) < 4.78 is 0. The quantitative estimate of drug-likeness (QED) is 0.481. The van der Waals surface area contributed by atoms with Crippen molar-refractivity contribution in [1.82, 2.24) is 0 Å².